The zero-order valence-electron chi connectivity index (χ0n) is 11.8. The van der Waals surface area contributed by atoms with Crippen molar-refractivity contribution in [1.82, 2.24) is 10.1 Å². The fourth-order valence-electron chi connectivity index (χ4n) is 1.79. The van der Waals surface area contributed by atoms with Gasteiger partial charge in [0.05, 0.1) is 12.1 Å². The molecule has 2 aromatic rings. The molecule has 1 aromatic heterocycles. The van der Waals surface area contributed by atoms with Crippen LogP contribution in [-0.2, 0) is 4.79 Å². The first-order valence-corrected chi connectivity index (χ1v) is 6.30. The molecule has 0 bridgehead atoms. The van der Waals surface area contributed by atoms with E-state index in [1.165, 1.54) is 11.9 Å². The Labute approximate surface area is 121 Å². The van der Waals surface area contributed by atoms with Crippen LogP contribution < -0.4 is 11.1 Å². The van der Waals surface area contributed by atoms with Crippen LogP contribution in [-0.4, -0.2) is 35.5 Å². The van der Waals surface area contributed by atoms with Gasteiger partial charge in [0.15, 0.2) is 5.82 Å². The summed E-state index contributed by atoms with van der Waals surface area (Å²) in [6.45, 7) is 1.61. The summed E-state index contributed by atoms with van der Waals surface area (Å²) in [5, 5.41) is 6.20. The molecule has 0 aliphatic rings. The van der Waals surface area contributed by atoms with E-state index in [2.05, 4.69) is 10.5 Å². The number of amides is 2. The zero-order valence-corrected chi connectivity index (χ0v) is 11.8. The lowest BCUT2D eigenvalue weighted by atomic mass is 10.1. The van der Waals surface area contributed by atoms with Crippen LogP contribution in [0.2, 0.25) is 0 Å². The lowest BCUT2D eigenvalue weighted by molar-refractivity contribution is -0.116. The second-order valence-corrected chi connectivity index (χ2v) is 4.62. The number of nitrogens with zero attached hydrogens (tertiary/aromatic N) is 2. The third kappa shape index (κ3) is 3.59. The Bertz CT molecular complexity index is 666. The van der Waals surface area contributed by atoms with Crippen LogP contribution in [0.15, 0.2) is 34.9 Å². The molecule has 0 unspecified atom stereocenters. The van der Waals surface area contributed by atoms with Crippen LogP contribution in [0.4, 0.5) is 11.5 Å². The van der Waals surface area contributed by atoms with Gasteiger partial charge < -0.3 is 20.5 Å². The number of aromatic nitrogens is 1. The van der Waals surface area contributed by atoms with Crippen molar-refractivity contribution < 1.29 is 14.1 Å². The first-order chi connectivity index (χ1) is 9.97. The number of para-hydroxylation sites is 1. The topological polar surface area (TPSA) is 101 Å². The first kappa shape index (κ1) is 14.6. The van der Waals surface area contributed by atoms with Gasteiger partial charge in [-0.1, -0.05) is 17.3 Å². The summed E-state index contributed by atoms with van der Waals surface area (Å²) >= 11 is 0. The summed E-state index contributed by atoms with van der Waals surface area (Å²) in [5.41, 5.74) is 6.49. The van der Waals surface area contributed by atoms with Crippen molar-refractivity contribution in [3.63, 3.8) is 0 Å². The van der Waals surface area contributed by atoms with Crippen molar-refractivity contribution in [3.8, 4) is 0 Å². The molecule has 0 atom stereocenters. The van der Waals surface area contributed by atoms with Crippen molar-refractivity contribution in [2.24, 2.45) is 0 Å². The molecule has 0 aliphatic heterocycles. The van der Waals surface area contributed by atoms with Gasteiger partial charge in [0.25, 0.3) is 5.91 Å². The van der Waals surface area contributed by atoms with Crippen LogP contribution in [0.3, 0.4) is 0 Å². The molecule has 0 saturated carbocycles. The normalized spacial score (nSPS) is 10.2. The van der Waals surface area contributed by atoms with Crippen LogP contribution in [0.5, 0.6) is 0 Å². The fourth-order valence-corrected chi connectivity index (χ4v) is 1.79. The average Bonchev–Trinajstić information content (AvgIpc) is 2.83. The van der Waals surface area contributed by atoms with Crippen molar-refractivity contribution in [3.05, 3.63) is 41.7 Å². The molecule has 110 valence electrons. The first-order valence-electron chi connectivity index (χ1n) is 6.30. The van der Waals surface area contributed by atoms with E-state index in [1.807, 2.05) is 0 Å². The molecule has 1 heterocycles. The summed E-state index contributed by atoms with van der Waals surface area (Å²) in [6, 6.07) is 8.31. The third-order valence-corrected chi connectivity index (χ3v) is 2.81. The fraction of sp³-hybridized carbons (Fsp3) is 0.214. The van der Waals surface area contributed by atoms with Crippen LogP contribution in [0.25, 0.3) is 0 Å². The maximum absolute atomic E-state index is 12.2. The number of nitrogen functional groups attached to an aromatic ring is 1. The van der Waals surface area contributed by atoms with Gasteiger partial charge in [0.2, 0.25) is 5.91 Å². The number of hydrogen-bond acceptors (Lipinski definition) is 5. The molecule has 1 aromatic carbocycles. The molecule has 0 fully saturated rings. The molecule has 0 saturated heterocycles. The van der Waals surface area contributed by atoms with Crippen molar-refractivity contribution >= 4 is 23.3 Å². The van der Waals surface area contributed by atoms with Crippen molar-refractivity contribution in [2.45, 2.75) is 6.92 Å². The number of carbonyl (C=O) groups is 2. The predicted molar refractivity (Wildman–Crippen MR) is 77.7 cm³/mol. The minimum Gasteiger partial charge on any atom is -0.398 e. The van der Waals surface area contributed by atoms with Gasteiger partial charge in [-0.3, -0.25) is 9.59 Å². The van der Waals surface area contributed by atoms with E-state index in [4.69, 9.17) is 10.3 Å². The smallest absolute Gasteiger partial charge is 0.256 e. The van der Waals surface area contributed by atoms with E-state index in [-0.39, 0.29) is 18.4 Å². The van der Waals surface area contributed by atoms with Gasteiger partial charge in [0.1, 0.15) is 5.76 Å². The minimum atomic E-state index is -0.367. The lowest BCUT2D eigenvalue weighted by Gasteiger charge is -2.17. The van der Waals surface area contributed by atoms with E-state index in [9.17, 15) is 9.59 Å². The largest absolute Gasteiger partial charge is 0.398 e. The Morgan fingerprint density at radius 1 is 1.38 bits per heavy atom. The summed E-state index contributed by atoms with van der Waals surface area (Å²) < 4.78 is 4.84. The van der Waals surface area contributed by atoms with E-state index in [0.29, 0.717) is 22.8 Å². The van der Waals surface area contributed by atoms with Gasteiger partial charge in [-0.2, -0.15) is 0 Å². The number of rotatable bonds is 4. The number of carbonyl (C=O) groups excluding carboxylic acids is 2. The molecule has 7 heteroatoms. The molecule has 7 nitrogen and oxygen atoms in total. The summed E-state index contributed by atoms with van der Waals surface area (Å²) in [5.74, 6) is 0.220. The van der Waals surface area contributed by atoms with Gasteiger partial charge in [0, 0.05) is 18.8 Å². The van der Waals surface area contributed by atoms with E-state index >= 15 is 0 Å². The molecule has 0 spiro atoms. The van der Waals surface area contributed by atoms with Gasteiger partial charge in [-0.15, -0.1) is 0 Å². The van der Waals surface area contributed by atoms with Crippen LogP contribution in [0, 0.1) is 6.92 Å². The maximum Gasteiger partial charge on any atom is 0.256 e. The van der Waals surface area contributed by atoms with E-state index < -0.39 is 0 Å². The monoisotopic (exact) mass is 288 g/mol. The molecular weight excluding hydrogens is 272 g/mol. The molecular formula is C14H16N4O3. The Balaban J connectivity index is 1.97. The number of hydrogen-bond donors (Lipinski definition) is 2. The summed E-state index contributed by atoms with van der Waals surface area (Å²) in [7, 11) is 1.53. The molecule has 2 amide bonds. The maximum atomic E-state index is 12.2. The highest BCUT2D eigenvalue weighted by Crippen LogP contribution is 2.13. The second-order valence-electron chi connectivity index (χ2n) is 4.62. The minimum absolute atomic E-state index is 0.112. The molecule has 0 radical (unpaired) electrons. The Hall–Kier alpha value is -2.83. The SMILES string of the molecule is Cc1cc(NC(=O)CN(C)C(=O)c2ccccc2N)no1. The second kappa shape index (κ2) is 6.08. The molecule has 3 N–H and O–H groups in total. The van der Waals surface area contributed by atoms with E-state index in [1.54, 1.807) is 37.3 Å². The number of benzene rings is 1. The van der Waals surface area contributed by atoms with Crippen molar-refractivity contribution in [2.75, 3.05) is 24.6 Å². The van der Waals surface area contributed by atoms with Gasteiger partial charge in [-0.05, 0) is 19.1 Å². The predicted octanol–water partition coefficient (Wildman–Crippen LogP) is 1.28. The number of nitrogens with two attached hydrogens (primary N) is 1. The molecule has 2 rings (SSSR count). The van der Waals surface area contributed by atoms with Crippen LogP contribution in [0.1, 0.15) is 16.1 Å². The Kier molecular flexibility index (Phi) is 4.22. The van der Waals surface area contributed by atoms with Gasteiger partial charge in [-0.25, -0.2) is 0 Å². The average molecular weight is 288 g/mol. The quantitative estimate of drug-likeness (QED) is 0.825. The number of anilines is 2. The standard InChI is InChI=1S/C14H16N4O3/c1-9-7-12(17-21-9)16-13(19)8-18(2)14(20)10-5-3-4-6-11(10)15/h3-7H,8,15H2,1-2H3,(H,16,17,19). The van der Waals surface area contributed by atoms with Crippen molar-refractivity contribution in [1.29, 1.82) is 0 Å². The van der Waals surface area contributed by atoms with Crippen LogP contribution >= 0.6 is 0 Å². The number of nitrogens with one attached hydrogen (secondary N) is 1. The lowest BCUT2D eigenvalue weighted by Crippen LogP contribution is -2.35. The highest BCUT2D eigenvalue weighted by molar-refractivity contribution is 6.01. The number of likely N-dealkylation sites (N-methyl/N-ethyl adjacent to an activating group) is 1. The number of aryl methyl sites for hydroxylation is 1. The zero-order chi connectivity index (χ0) is 15.4. The highest BCUT2D eigenvalue weighted by Gasteiger charge is 2.17. The molecule has 21 heavy (non-hydrogen) atoms. The summed E-state index contributed by atoms with van der Waals surface area (Å²) in [6.07, 6.45) is 0. The van der Waals surface area contributed by atoms with E-state index in [0.717, 1.165) is 0 Å². The van der Waals surface area contributed by atoms with Gasteiger partial charge >= 0.3 is 0 Å². The highest BCUT2D eigenvalue weighted by atomic mass is 16.5. The molecule has 0 aliphatic carbocycles. The Morgan fingerprint density at radius 2 is 2.10 bits per heavy atom. The Morgan fingerprint density at radius 3 is 2.71 bits per heavy atom. The summed E-state index contributed by atoms with van der Waals surface area (Å²) in [4.78, 5) is 25.3. The third-order valence-electron chi connectivity index (χ3n) is 2.81.